The van der Waals surface area contributed by atoms with E-state index in [2.05, 4.69) is 14.9 Å². The predicted molar refractivity (Wildman–Crippen MR) is 70.7 cm³/mol. The summed E-state index contributed by atoms with van der Waals surface area (Å²) in [5.74, 6) is 0.577. The third-order valence-corrected chi connectivity index (χ3v) is 3.85. The third kappa shape index (κ3) is 2.52. The van der Waals surface area contributed by atoms with E-state index < -0.39 is 0 Å². The molecule has 0 saturated carbocycles. The Hall–Kier alpha value is -1.07. The highest BCUT2D eigenvalue weighted by molar-refractivity contribution is 5.85. The monoisotopic (exact) mass is 270 g/mol. The van der Waals surface area contributed by atoms with Crippen LogP contribution in [0.2, 0.25) is 0 Å². The van der Waals surface area contributed by atoms with Crippen LogP contribution in [-0.2, 0) is 4.79 Å². The summed E-state index contributed by atoms with van der Waals surface area (Å²) in [6, 6.07) is 0.515. The van der Waals surface area contributed by atoms with Crippen molar-refractivity contribution in [2.24, 2.45) is 5.92 Å². The molecule has 1 aromatic heterocycles. The van der Waals surface area contributed by atoms with Gasteiger partial charge in [-0.3, -0.25) is 4.79 Å². The second-order valence-electron chi connectivity index (χ2n) is 4.92. The number of aromatic nitrogens is 2. The number of nitrogens with zero attached hydrogens (tertiary/aromatic N) is 3. The topological polar surface area (TPSA) is 50.2 Å². The molecular formula is C12H19ClN4O. The van der Waals surface area contributed by atoms with Gasteiger partial charge in [-0.1, -0.05) is 0 Å². The Kier molecular flexibility index (Phi) is 4.24. The summed E-state index contributed by atoms with van der Waals surface area (Å²) >= 11 is 0. The van der Waals surface area contributed by atoms with Crippen molar-refractivity contribution in [1.29, 1.82) is 0 Å². The van der Waals surface area contributed by atoms with Crippen LogP contribution in [0.3, 0.4) is 0 Å². The van der Waals surface area contributed by atoms with E-state index in [0.29, 0.717) is 11.9 Å². The van der Waals surface area contributed by atoms with Gasteiger partial charge in [-0.2, -0.15) is 0 Å². The lowest BCUT2D eigenvalue weighted by molar-refractivity contribution is -0.138. The minimum absolute atomic E-state index is 0. The highest BCUT2D eigenvalue weighted by Crippen LogP contribution is 2.23. The zero-order chi connectivity index (χ0) is 11.7. The molecule has 0 aromatic carbocycles. The molecular weight excluding hydrogens is 252 g/mol. The molecule has 0 spiro atoms. The highest BCUT2D eigenvalue weighted by Gasteiger charge is 2.31. The largest absolute Gasteiger partial charge is 0.342 e. The molecule has 0 aliphatic carbocycles. The fourth-order valence-corrected chi connectivity index (χ4v) is 2.59. The van der Waals surface area contributed by atoms with E-state index in [1.54, 1.807) is 0 Å². The van der Waals surface area contributed by atoms with E-state index >= 15 is 0 Å². The first kappa shape index (κ1) is 13.4. The lowest BCUT2D eigenvalue weighted by atomic mass is 9.98. The molecule has 1 N–H and O–H groups in total. The zero-order valence-electron chi connectivity index (χ0n) is 10.3. The lowest BCUT2D eigenvalue weighted by Crippen LogP contribution is -2.53. The van der Waals surface area contributed by atoms with Crippen LogP contribution in [0.5, 0.6) is 0 Å². The van der Waals surface area contributed by atoms with E-state index in [0.717, 1.165) is 39.0 Å². The van der Waals surface area contributed by atoms with E-state index in [1.807, 2.05) is 23.6 Å². The Bertz CT molecular complexity index is 383. The van der Waals surface area contributed by atoms with Crippen molar-refractivity contribution in [3.63, 3.8) is 0 Å². The van der Waals surface area contributed by atoms with Crippen LogP contribution in [0.1, 0.15) is 18.9 Å². The number of piperidine rings is 1. The summed E-state index contributed by atoms with van der Waals surface area (Å²) in [7, 11) is 0. The molecule has 1 aromatic rings. The quantitative estimate of drug-likeness (QED) is 0.860. The lowest BCUT2D eigenvalue weighted by Gasteiger charge is -2.37. The number of rotatable bonds is 2. The predicted octanol–water partition coefficient (Wildman–Crippen LogP) is 0.688. The molecule has 3 heterocycles. The number of likely N-dealkylation sites (tertiary alicyclic amines) is 1. The molecule has 2 aliphatic rings. The molecule has 2 aliphatic heterocycles. The van der Waals surface area contributed by atoms with Gasteiger partial charge in [0, 0.05) is 44.6 Å². The SMILES string of the molecule is Cl.O=C(C1CNC1)N1CCC(n2ccnc2)CC1. The first-order valence-electron chi connectivity index (χ1n) is 6.31. The maximum absolute atomic E-state index is 12.0. The highest BCUT2D eigenvalue weighted by atomic mass is 35.5. The number of carbonyl (C=O) groups is 1. The fourth-order valence-electron chi connectivity index (χ4n) is 2.59. The standard InChI is InChI=1S/C12H18N4O.ClH/c17-12(10-7-14-8-10)15-4-1-11(2-5-15)16-6-3-13-9-16;/h3,6,9-11,14H,1-2,4-5,7-8H2;1H. The fraction of sp³-hybridized carbons (Fsp3) is 0.667. The van der Waals surface area contributed by atoms with Gasteiger partial charge in [-0.15, -0.1) is 12.4 Å². The number of nitrogens with one attached hydrogen (secondary N) is 1. The molecule has 5 nitrogen and oxygen atoms in total. The van der Waals surface area contributed by atoms with Crippen molar-refractivity contribution in [3.8, 4) is 0 Å². The van der Waals surface area contributed by atoms with Gasteiger partial charge >= 0.3 is 0 Å². The van der Waals surface area contributed by atoms with Gasteiger partial charge in [0.2, 0.25) is 5.91 Å². The van der Waals surface area contributed by atoms with Crippen molar-refractivity contribution < 1.29 is 4.79 Å². The first-order valence-corrected chi connectivity index (χ1v) is 6.31. The molecule has 0 unspecified atom stereocenters. The number of hydrogen-bond donors (Lipinski definition) is 1. The minimum atomic E-state index is 0. The van der Waals surface area contributed by atoms with Crippen molar-refractivity contribution in [1.82, 2.24) is 19.8 Å². The summed E-state index contributed by atoms with van der Waals surface area (Å²) in [4.78, 5) is 18.1. The molecule has 1 amide bonds. The van der Waals surface area contributed by atoms with Gasteiger partial charge in [0.15, 0.2) is 0 Å². The van der Waals surface area contributed by atoms with Crippen LogP contribution in [-0.4, -0.2) is 46.5 Å². The van der Waals surface area contributed by atoms with E-state index in [9.17, 15) is 4.79 Å². The number of carbonyl (C=O) groups excluding carboxylic acids is 1. The minimum Gasteiger partial charge on any atom is -0.342 e. The Morgan fingerprint density at radius 2 is 2.00 bits per heavy atom. The normalized spacial score (nSPS) is 21.2. The second kappa shape index (κ2) is 5.71. The van der Waals surface area contributed by atoms with Crippen molar-refractivity contribution in [3.05, 3.63) is 18.7 Å². The summed E-state index contributed by atoms with van der Waals surface area (Å²) in [6.07, 6.45) is 7.79. The Morgan fingerprint density at radius 3 is 2.50 bits per heavy atom. The second-order valence-corrected chi connectivity index (χ2v) is 4.92. The summed E-state index contributed by atoms with van der Waals surface area (Å²) < 4.78 is 2.16. The van der Waals surface area contributed by atoms with Gasteiger partial charge in [0.05, 0.1) is 12.2 Å². The van der Waals surface area contributed by atoms with Crippen LogP contribution in [0.4, 0.5) is 0 Å². The van der Waals surface area contributed by atoms with Crippen molar-refractivity contribution in [2.75, 3.05) is 26.2 Å². The molecule has 0 radical (unpaired) electrons. The zero-order valence-corrected chi connectivity index (χ0v) is 11.1. The average molecular weight is 271 g/mol. The Morgan fingerprint density at radius 1 is 1.28 bits per heavy atom. The molecule has 0 bridgehead atoms. The Balaban J connectivity index is 0.00000120. The van der Waals surface area contributed by atoms with Crippen LogP contribution >= 0.6 is 12.4 Å². The number of hydrogen-bond acceptors (Lipinski definition) is 3. The summed E-state index contributed by atoms with van der Waals surface area (Å²) in [5.41, 5.74) is 0. The molecule has 0 atom stereocenters. The summed E-state index contributed by atoms with van der Waals surface area (Å²) in [6.45, 7) is 3.50. The van der Waals surface area contributed by atoms with Gasteiger partial charge in [-0.05, 0) is 12.8 Å². The maximum atomic E-state index is 12.0. The van der Waals surface area contributed by atoms with Gasteiger partial charge in [-0.25, -0.2) is 4.98 Å². The molecule has 2 fully saturated rings. The van der Waals surface area contributed by atoms with Crippen LogP contribution in [0.25, 0.3) is 0 Å². The van der Waals surface area contributed by atoms with Crippen molar-refractivity contribution >= 4 is 18.3 Å². The number of imidazole rings is 1. The molecule has 18 heavy (non-hydrogen) atoms. The van der Waals surface area contributed by atoms with Crippen molar-refractivity contribution in [2.45, 2.75) is 18.9 Å². The first-order chi connectivity index (χ1) is 8.34. The number of amides is 1. The van der Waals surface area contributed by atoms with E-state index in [1.165, 1.54) is 0 Å². The number of halogens is 1. The smallest absolute Gasteiger partial charge is 0.228 e. The van der Waals surface area contributed by atoms with Gasteiger partial charge < -0.3 is 14.8 Å². The van der Waals surface area contributed by atoms with Gasteiger partial charge in [0.1, 0.15) is 0 Å². The molecule has 3 rings (SSSR count). The molecule has 100 valence electrons. The van der Waals surface area contributed by atoms with Crippen LogP contribution in [0.15, 0.2) is 18.7 Å². The maximum Gasteiger partial charge on any atom is 0.228 e. The molecule has 6 heteroatoms. The van der Waals surface area contributed by atoms with Crippen LogP contribution in [0, 0.1) is 5.92 Å². The van der Waals surface area contributed by atoms with Crippen LogP contribution < -0.4 is 5.32 Å². The average Bonchev–Trinajstić information content (AvgIpc) is 2.80. The van der Waals surface area contributed by atoms with E-state index in [4.69, 9.17) is 0 Å². The third-order valence-electron chi connectivity index (χ3n) is 3.85. The Labute approximate surface area is 113 Å². The van der Waals surface area contributed by atoms with Gasteiger partial charge in [0.25, 0.3) is 0 Å². The summed E-state index contributed by atoms with van der Waals surface area (Å²) in [5, 5.41) is 3.15. The molecule has 2 saturated heterocycles. The van der Waals surface area contributed by atoms with E-state index in [-0.39, 0.29) is 18.3 Å².